The molecule has 1 aliphatic rings. The van der Waals surface area contributed by atoms with Gasteiger partial charge in [0.2, 0.25) is 5.78 Å². The summed E-state index contributed by atoms with van der Waals surface area (Å²) in [7, 11) is 0. The monoisotopic (exact) mass is 439 g/mol. The summed E-state index contributed by atoms with van der Waals surface area (Å²) in [6, 6.07) is 8.93. The quantitative estimate of drug-likeness (QED) is 0.415. The van der Waals surface area contributed by atoms with E-state index in [1.807, 2.05) is 29.9 Å². The fourth-order valence-corrected chi connectivity index (χ4v) is 4.32. The molecular weight excluding hydrogens is 418 g/mol. The summed E-state index contributed by atoms with van der Waals surface area (Å²) in [4.78, 5) is 42.8. The Labute approximate surface area is 183 Å². The van der Waals surface area contributed by atoms with Gasteiger partial charge in [-0.1, -0.05) is 12.1 Å². The Morgan fingerprint density at radius 3 is 2.84 bits per heavy atom. The standard InChI is InChI=1S/C22H21N3O5S/c1-14-11-16(15(2)25(14)22-23-8-10-31-22)18(26)12-30-21(28)7-9-24-17-5-3-4-6-19(17)29-13-20(24)27/h3-6,8,10-11H,7,9,12-13H2,1-2H3. The van der Waals surface area contributed by atoms with Gasteiger partial charge in [0.25, 0.3) is 5.91 Å². The van der Waals surface area contributed by atoms with Crippen molar-refractivity contribution in [3.63, 3.8) is 0 Å². The number of thiazole rings is 1. The molecule has 0 unspecified atom stereocenters. The number of hydrogen-bond acceptors (Lipinski definition) is 7. The van der Waals surface area contributed by atoms with Crippen LogP contribution >= 0.6 is 11.3 Å². The zero-order valence-electron chi connectivity index (χ0n) is 17.2. The number of esters is 1. The van der Waals surface area contributed by atoms with E-state index in [1.165, 1.54) is 16.2 Å². The summed E-state index contributed by atoms with van der Waals surface area (Å²) < 4.78 is 12.5. The van der Waals surface area contributed by atoms with Crippen LogP contribution < -0.4 is 9.64 Å². The molecule has 0 radical (unpaired) electrons. The van der Waals surface area contributed by atoms with Crippen LogP contribution in [-0.2, 0) is 14.3 Å². The van der Waals surface area contributed by atoms with E-state index < -0.39 is 5.97 Å². The SMILES string of the molecule is Cc1cc(C(=O)COC(=O)CCN2C(=O)COc3ccccc32)c(C)n1-c1nccs1. The summed E-state index contributed by atoms with van der Waals surface area (Å²) in [6.45, 7) is 3.47. The number of aryl methyl sites for hydroxylation is 1. The summed E-state index contributed by atoms with van der Waals surface area (Å²) in [5.41, 5.74) is 2.76. The van der Waals surface area contributed by atoms with Gasteiger partial charge in [0.1, 0.15) is 5.75 Å². The highest BCUT2D eigenvalue weighted by Crippen LogP contribution is 2.31. The van der Waals surface area contributed by atoms with E-state index in [2.05, 4.69) is 4.98 Å². The molecule has 3 aromatic rings. The first-order valence-electron chi connectivity index (χ1n) is 9.75. The van der Waals surface area contributed by atoms with E-state index in [4.69, 9.17) is 9.47 Å². The number of anilines is 1. The van der Waals surface area contributed by atoms with Crippen LogP contribution in [0.4, 0.5) is 5.69 Å². The van der Waals surface area contributed by atoms with Gasteiger partial charge in [-0.3, -0.25) is 19.0 Å². The second kappa shape index (κ2) is 8.73. The molecule has 31 heavy (non-hydrogen) atoms. The number of carbonyl (C=O) groups is 3. The molecule has 8 nitrogen and oxygen atoms in total. The number of hydrogen-bond donors (Lipinski definition) is 0. The van der Waals surface area contributed by atoms with Gasteiger partial charge in [-0.05, 0) is 32.0 Å². The Morgan fingerprint density at radius 2 is 2.06 bits per heavy atom. The fraction of sp³-hybridized carbons (Fsp3) is 0.273. The van der Waals surface area contributed by atoms with Gasteiger partial charge in [0, 0.05) is 35.1 Å². The Bertz CT molecular complexity index is 1140. The van der Waals surface area contributed by atoms with Gasteiger partial charge < -0.3 is 14.4 Å². The fourth-order valence-electron chi connectivity index (χ4n) is 3.56. The molecule has 0 fully saturated rings. The highest BCUT2D eigenvalue weighted by molar-refractivity contribution is 7.12. The lowest BCUT2D eigenvalue weighted by Crippen LogP contribution is -2.40. The first kappa shape index (κ1) is 20.8. The number of Topliss-reactive ketones (excluding diaryl/α,β-unsaturated/α-hetero) is 1. The number of fused-ring (bicyclic) bond motifs is 1. The largest absolute Gasteiger partial charge is 0.482 e. The molecule has 2 aromatic heterocycles. The van der Waals surface area contributed by atoms with Crippen molar-refractivity contribution < 1.29 is 23.9 Å². The Hall–Kier alpha value is -3.46. The molecule has 0 atom stereocenters. The van der Waals surface area contributed by atoms with Crippen molar-refractivity contribution in [2.24, 2.45) is 0 Å². The molecule has 1 aromatic carbocycles. The van der Waals surface area contributed by atoms with Crippen LogP contribution in [0.3, 0.4) is 0 Å². The van der Waals surface area contributed by atoms with Gasteiger partial charge in [-0.15, -0.1) is 11.3 Å². The van der Waals surface area contributed by atoms with Crippen LogP contribution in [0.2, 0.25) is 0 Å². The first-order chi connectivity index (χ1) is 15.0. The van der Waals surface area contributed by atoms with Crippen LogP contribution in [0.5, 0.6) is 5.75 Å². The van der Waals surface area contributed by atoms with Crippen molar-refractivity contribution in [1.82, 2.24) is 9.55 Å². The van der Waals surface area contributed by atoms with Crippen LogP contribution in [-0.4, -0.2) is 47.0 Å². The number of ether oxygens (including phenoxy) is 2. The molecule has 0 spiro atoms. The molecule has 0 N–H and O–H groups in total. The van der Waals surface area contributed by atoms with Crippen molar-refractivity contribution in [3.8, 4) is 10.9 Å². The van der Waals surface area contributed by atoms with E-state index in [9.17, 15) is 14.4 Å². The maximum absolute atomic E-state index is 12.6. The number of aromatic nitrogens is 2. The minimum Gasteiger partial charge on any atom is -0.482 e. The maximum atomic E-state index is 12.6. The number of nitrogens with zero attached hydrogens (tertiary/aromatic N) is 3. The number of carbonyl (C=O) groups excluding carboxylic acids is 3. The maximum Gasteiger partial charge on any atom is 0.308 e. The van der Waals surface area contributed by atoms with Crippen LogP contribution in [0, 0.1) is 13.8 Å². The van der Waals surface area contributed by atoms with Crippen LogP contribution in [0.25, 0.3) is 5.13 Å². The van der Waals surface area contributed by atoms with Crippen molar-refractivity contribution in [1.29, 1.82) is 0 Å². The molecule has 4 rings (SSSR count). The number of benzene rings is 1. The van der Waals surface area contributed by atoms with E-state index in [0.29, 0.717) is 17.0 Å². The van der Waals surface area contributed by atoms with Gasteiger partial charge in [0.05, 0.1) is 12.1 Å². The predicted molar refractivity (Wildman–Crippen MR) is 115 cm³/mol. The smallest absolute Gasteiger partial charge is 0.308 e. The second-order valence-electron chi connectivity index (χ2n) is 7.07. The summed E-state index contributed by atoms with van der Waals surface area (Å²) in [5.74, 6) is -0.450. The van der Waals surface area contributed by atoms with E-state index >= 15 is 0 Å². The lowest BCUT2D eigenvalue weighted by Gasteiger charge is -2.28. The zero-order chi connectivity index (χ0) is 22.0. The summed E-state index contributed by atoms with van der Waals surface area (Å²) in [6.07, 6.45) is 1.69. The Kier molecular flexibility index (Phi) is 5.85. The van der Waals surface area contributed by atoms with E-state index in [1.54, 1.807) is 30.5 Å². The van der Waals surface area contributed by atoms with E-state index in [-0.39, 0.29) is 37.9 Å². The lowest BCUT2D eigenvalue weighted by atomic mass is 10.1. The average molecular weight is 439 g/mol. The summed E-state index contributed by atoms with van der Waals surface area (Å²) >= 11 is 1.48. The van der Waals surface area contributed by atoms with E-state index in [0.717, 1.165) is 16.5 Å². The molecule has 1 amide bonds. The minimum atomic E-state index is -0.543. The Balaban J connectivity index is 1.35. The van der Waals surface area contributed by atoms with Gasteiger partial charge in [0.15, 0.2) is 18.3 Å². The molecule has 0 aliphatic carbocycles. The molecular formula is C22H21N3O5S. The third kappa shape index (κ3) is 4.22. The molecule has 0 saturated carbocycles. The van der Waals surface area contributed by atoms with Crippen molar-refractivity contribution in [3.05, 3.63) is 58.9 Å². The highest BCUT2D eigenvalue weighted by Gasteiger charge is 2.26. The van der Waals surface area contributed by atoms with Crippen LogP contribution in [0.1, 0.15) is 28.2 Å². The van der Waals surface area contributed by atoms with Gasteiger partial charge in [-0.2, -0.15) is 0 Å². The number of para-hydroxylation sites is 2. The third-order valence-corrected chi connectivity index (χ3v) is 5.81. The number of ketones is 1. The first-order valence-corrected chi connectivity index (χ1v) is 10.6. The number of rotatable bonds is 7. The number of amides is 1. The third-order valence-electron chi connectivity index (χ3n) is 5.05. The normalized spacial score (nSPS) is 13.0. The van der Waals surface area contributed by atoms with Gasteiger partial charge in [-0.25, -0.2) is 4.98 Å². The molecule has 1 aliphatic heterocycles. The molecule has 160 valence electrons. The van der Waals surface area contributed by atoms with Crippen molar-refractivity contribution in [2.75, 3.05) is 24.7 Å². The van der Waals surface area contributed by atoms with Crippen LogP contribution in [0.15, 0.2) is 41.9 Å². The minimum absolute atomic E-state index is 0.0223. The lowest BCUT2D eigenvalue weighted by molar-refractivity contribution is -0.142. The molecule has 3 heterocycles. The van der Waals surface area contributed by atoms with Crippen molar-refractivity contribution in [2.45, 2.75) is 20.3 Å². The second-order valence-corrected chi connectivity index (χ2v) is 7.94. The topological polar surface area (TPSA) is 90.7 Å². The Morgan fingerprint density at radius 1 is 1.26 bits per heavy atom. The van der Waals surface area contributed by atoms with Crippen molar-refractivity contribution >= 4 is 34.7 Å². The predicted octanol–water partition coefficient (Wildman–Crippen LogP) is 3.09. The molecule has 9 heteroatoms. The average Bonchev–Trinajstić information content (AvgIpc) is 3.38. The zero-order valence-corrected chi connectivity index (χ0v) is 18.0. The molecule has 0 bridgehead atoms. The van der Waals surface area contributed by atoms with Gasteiger partial charge >= 0.3 is 5.97 Å². The highest BCUT2D eigenvalue weighted by atomic mass is 32.1. The molecule has 0 saturated heterocycles. The summed E-state index contributed by atoms with van der Waals surface area (Å²) in [5, 5.41) is 2.65.